The highest BCUT2D eigenvalue weighted by Crippen LogP contribution is 2.53. The molecule has 0 aliphatic heterocycles. The Morgan fingerprint density at radius 1 is 0.909 bits per heavy atom. The highest BCUT2D eigenvalue weighted by molar-refractivity contribution is 5.02. The van der Waals surface area contributed by atoms with Crippen molar-refractivity contribution in [2.24, 2.45) is 0 Å². The molecule has 0 radical (unpaired) electrons. The number of halogens is 5. The lowest BCUT2D eigenvalue weighted by Gasteiger charge is -2.24. The van der Waals surface area contributed by atoms with Crippen LogP contribution in [0, 0.1) is 0 Å². The number of hydrogen-bond donors (Lipinski definition) is 1. The van der Waals surface area contributed by atoms with Gasteiger partial charge in [0.15, 0.2) is 0 Å². The Hall–Kier alpha value is -0.390. The maximum absolute atomic E-state index is 12.2. The Bertz CT molecular complexity index is 158. The third-order valence-electron chi connectivity index (χ3n) is 1.71. The monoisotopic (exact) mass is 176 g/mol. The van der Waals surface area contributed by atoms with Gasteiger partial charge in [0.25, 0.3) is 5.85 Å². The van der Waals surface area contributed by atoms with E-state index in [2.05, 4.69) is 0 Å². The lowest BCUT2D eigenvalue weighted by molar-refractivity contribution is -0.297. The van der Waals surface area contributed by atoms with E-state index in [4.69, 9.17) is 5.11 Å². The Labute approximate surface area is 58.8 Å². The summed E-state index contributed by atoms with van der Waals surface area (Å²) in [5, 5.41) is 8.16. The maximum atomic E-state index is 12.2. The predicted molar refractivity (Wildman–Crippen MR) is 25.2 cm³/mol. The summed E-state index contributed by atoms with van der Waals surface area (Å²) in [5.74, 6) is -13.5. The molecule has 1 nitrogen and oxygen atoms in total. The first kappa shape index (κ1) is 8.70. The van der Waals surface area contributed by atoms with E-state index in [1.165, 1.54) is 0 Å². The first-order valence-electron chi connectivity index (χ1n) is 2.88. The van der Waals surface area contributed by atoms with Crippen LogP contribution >= 0.6 is 0 Å². The highest BCUT2D eigenvalue weighted by atomic mass is 19.3. The molecule has 1 unspecified atom stereocenters. The lowest BCUT2D eigenvalue weighted by Crippen LogP contribution is -2.48. The topological polar surface area (TPSA) is 20.2 Å². The Morgan fingerprint density at radius 3 is 1.45 bits per heavy atom. The lowest BCUT2D eigenvalue weighted by atomic mass is 10.2. The molecule has 1 aliphatic rings. The molecule has 0 saturated heterocycles. The Morgan fingerprint density at radius 2 is 1.36 bits per heavy atom. The van der Waals surface area contributed by atoms with Crippen molar-refractivity contribution in [3.63, 3.8) is 0 Å². The first-order valence-corrected chi connectivity index (χ1v) is 2.88. The van der Waals surface area contributed by atoms with Crippen LogP contribution in [0.15, 0.2) is 0 Å². The number of alkyl halides is 5. The summed E-state index contributed by atoms with van der Waals surface area (Å²) in [6.45, 7) is 0. The SMILES string of the molecule is OC1(F)CCC(F)(F)C1(F)F. The van der Waals surface area contributed by atoms with Crippen LogP contribution in [0.3, 0.4) is 0 Å². The molecule has 0 bridgehead atoms. The predicted octanol–water partition coefficient (Wildman–Crippen LogP) is 1.71. The molecule has 1 saturated carbocycles. The Kier molecular flexibility index (Phi) is 1.47. The van der Waals surface area contributed by atoms with Crippen molar-refractivity contribution < 1.29 is 27.1 Å². The zero-order chi connectivity index (χ0) is 8.91. The second-order valence-corrected chi connectivity index (χ2v) is 2.54. The van der Waals surface area contributed by atoms with Gasteiger partial charge in [0, 0.05) is 12.8 Å². The van der Waals surface area contributed by atoms with Crippen LogP contribution in [0.1, 0.15) is 12.8 Å². The molecule has 11 heavy (non-hydrogen) atoms. The molecule has 6 heteroatoms. The van der Waals surface area contributed by atoms with Gasteiger partial charge in [-0.1, -0.05) is 0 Å². The van der Waals surface area contributed by atoms with Crippen LogP contribution in [0.25, 0.3) is 0 Å². The largest absolute Gasteiger partial charge is 0.367 e. The fourth-order valence-electron chi connectivity index (χ4n) is 0.917. The fraction of sp³-hybridized carbons (Fsp3) is 1.00. The molecular formula is C5H5F5O. The van der Waals surface area contributed by atoms with Crippen LogP contribution in [-0.4, -0.2) is 22.8 Å². The molecule has 66 valence electrons. The summed E-state index contributed by atoms with van der Waals surface area (Å²) in [6.07, 6.45) is -2.56. The van der Waals surface area contributed by atoms with E-state index in [0.29, 0.717) is 0 Å². The van der Waals surface area contributed by atoms with E-state index in [-0.39, 0.29) is 0 Å². The average Bonchev–Trinajstić information content (AvgIpc) is 1.93. The summed E-state index contributed by atoms with van der Waals surface area (Å²) in [4.78, 5) is 0. The van der Waals surface area contributed by atoms with Gasteiger partial charge in [0.2, 0.25) is 0 Å². The van der Waals surface area contributed by atoms with E-state index >= 15 is 0 Å². The second-order valence-electron chi connectivity index (χ2n) is 2.54. The molecule has 1 N–H and O–H groups in total. The van der Waals surface area contributed by atoms with Crippen LogP contribution < -0.4 is 0 Å². The molecule has 0 aromatic carbocycles. The number of aliphatic hydroxyl groups is 1. The second kappa shape index (κ2) is 1.85. The van der Waals surface area contributed by atoms with Gasteiger partial charge in [0.1, 0.15) is 0 Å². The van der Waals surface area contributed by atoms with Crippen LogP contribution in [0.2, 0.25) is 0 Å². The van der Waals surface area contributed by atoms with Gasteiger partial charge in [-0.25, -0.2) is 4.39 Å². The third kappa shape index (κ3) is 0.919. The van der Waals surface area contributed by atoms with Crippen molar-refractivity contribution in [2.75, 3.05) is 0 Å². The van der Waals surface area contributed by atoms with Crippen molar-refractivity contribution in [3.05, 3.63) is 0 Å². The van der Waals surface area contributed by atoms with Gasteiger partial charge >= 0.3 is 11.8 Å². The summed E-state index contributed by atoms with van der Waals surface area (Å²) < 4.78 is 60.6. The highest BCUT2D eigenvalue weighted by Gasteiger charge is 2.74. The van der Waals surface area contributed by atoms with Crippen LogP contribution in [0.4, 0.5) is 22.0 Å². The van der Waals surface area contributed by atoms with E-state index in [1.54, 1.807) is 0 Å². The first-order chi connectivity index (χ1) is 4.71. The molecule has 1 aliphatic carbocycles. The average molecular weight is 176 g/mol. The quantitative estimate of drug-likeness (QED) is 0.557. The minimum absolute atomic E-state index is 1.23. The molecule has 0 heterocycles. The molecule has 0 aromatic heterocycles. The van der Waals surface area contributed by atoms with Gasteiger partial charge in [-0.05, 0) is 0 Å². The molecule has 0 spiro atoms. The minimum atomic E-state index is -4.96. The smallest absolute Gasteiger partial charge is 0.357 e. The van der Waals surface area contributed by atoms with E-state index in [9.17, 15) is 22.0 Å². The third-order valence-corrected chi connectivity index (χ3v) is 1.71. The summed E-state index contributed by atoms with van der Waals surface area (Å²) in [5.41, 5.74) is 0. The zero-order valence-corrected chi connectivity index (χ0v) is 5.25. The zero-order valence-electron chi connectivity index (χ0n) is 5.25. The summed E-state index contributed by atoms with van der Waals surface area (Å²) in [7, 11) is 0. The molecule has 1 atom stereocenters. The van der Waals surface area contributed by atoms with E-state index < -0.39 is 30.5 Å². The van der Waals surface area contributed by atoms with Crippen molar-refractivity contribution in [1.82, 2.24) is 0 Å². The molecule has 1 rings (SSSR count). The summed E-state index contributed by atoms with van der Waals surface area (Å²) >= 11 is 0. The molecule has 0 aromatic rings. The minimum Gasteiger partial charge on any atom is -0.357 e. The van der Waals surface area contributed by atoms with Crippen molar-refractivity contribution in [3.8, 4) is 0 Å². The number of rotatable bonds is 0. The van der Waals surface area contributed by atoms with Gasteiger partial charge < -0.3 is 5.11 Å². The standard InChI is InChI=1S/C5H5F5O/c6-3(7)1-2-4(8,11)5(3,9)10/h11H,1-2H2. The van der Waals surface area contributed by atoms with Crippen molar-refractivity contribution in [1.29, 1.82) is 0 Å². The van der Waals surface area contributed by atoms with Crippen LogP contribution in [0.5, 0.6) is 0 Å². The molecular weight excluding hydrogens is 171 g/mol. The van der Waals surface area contributed by atoms with Gasteiger partial charge in [-0.2, -0.15) is 17.6 Å². The van der Waals surface area contributed by atoms with Gasteiger partial charge in [-0.3, -0.25) is 0 Å². The van der Waals surface area contributed by atoms with Gasteiger partial charge in [-0.15, -0.1) is 0 Å². The van der Waals surface area contributed by atoms with E-state index in [0.717, 1.165) is 0 Å². The van der Waals surface area contributed by atoms with Crippen LogP contribution in [-0.2, 0) is 0 Å². The fourth-order valence-corrected chi connectivity index (χ4v) is 0.917. The maximum Gasteiger partial charge on any atom is 0.367 e. The summed E-state index contributed by atoms with van der Waals surface area (Å²) in [6, 6.07) is 0. The molecule has 1 fully saturated rings. The van der Waals surface area contributed by atoms with Crippen molar-refractivity contribution in [2.45, 2.75) is 30.5 Å². The normalized spacial score (nSPS) is 40.9. The number of hydrogen-bond acceptors (Lipinski definition) is 1. The molecule has 0 amide bonds. The Balaban J connectivity index is 3.00. The van der Waals surface area contributed by atoms with Gasteiger partial charge in [0.05, 0.1) is 0 Å². The van der Waals surface area contributed by atoms with Crippen molar-refractivity contribution >= 4 is 0 Å². The van der Waals surface area contributed by atoms with E-state index in [1.807, 2.05) is 0 Å².